The highest BCUT2D eigenvalue weighted by Crippen LogP contribution is 2.40. The topological polar surface area (TPSA) is 80.1 Å². The van der Waals surface area contributed by atoms with Gasteiger partial charge in [0.15, 0.2) is 5.78 Å². The van der Waals surface area contributed by atoms with E-state index in [-0.39, 0.29) is 18.6 Å². The molecule has 0 amide bonds. The van der Waals surface area contributed by atoms with Crippen LogP contribution in [-0.2, 0) is 16.0 Å². The first-order chi connectivity index (χ1) is 8.15. The number of aromatic nitrogens is 1. The number of ether oxygens (including phenoxy) is 1. The summed E-state index contributed by atoms with van der Waals surface area (Å²) in [5.74, 6) is -1.02. The predicted molar refractivity (Wildman–Crippen MR) is 57.0 cm³/mol. The molecule has 0 fully saturated rings. The summed E-state index contributed by atoms with van der Waals surface area (Å²) in [5, 5.41) is 8.81. The zero-order chi connectivity index (χ0) is 12.5. The maximum Gasteiger partial charge on any atom is 0.321 e. The molecule has 1 aromatic rings. The first-order valence-corrected chi connectivity index (χ1v) is 5.09. The lowest BCUT2D eigenvalue weighted by atomic mass is 9.81. The van der Waals surface area contributed by atoms with Crippen LogP contribution in [0.2, 0.25) is 0 Å². The van der Waals surface area contributed by atoms with Crippen molar-refractivity contribution in [3.63, 3.8) is 0 Å². The standard InChI is InChI=1S/C12H10N2O3/c1-17-11(16)12(3-4-13)6-8-2-5-14-7-9(8)10(12)15/h2,5,7H,3,6H2,1H3. The van der Waals surface area contributed by atoms with E-state index in [0.29, 0.717) is 5.56 Å². The highest BCUT2D eigenvalue weighted by molar-refractivity contribution is 6.16. The first kappa shape index (κ1) is 11.3. The van der Waals surface area contributed by atoms with Gasteiger partial charge in [0.25, 0.3) is 0 Å². The van der Waals surface area contributed by atoms with Crippen molar-refractivity contribution >= 4 is 11.8 Å². The van der Waals surface area contributed by atoms with E-state index in [0.717, 1.165) is 5.56 Å². The molecular weight excluding hydrogens is 220 g/mol. The fourth-order valence-corrected chi connectivity index (χ4v) is 2.16. The van der Waals surface area contributed by atoms with Gasteiger partial charge in [-0.05, 0) is 18.1 Å². The Morgan fingerprint density at radius 2 is 2.47 bits per heavy atom. The number of hydrogen-bond donors (Lipinski definition) is 0. The highest BCUT2D eigenvalue weighted by atomic mass is 16.5. The number of Topliss-reactive ketones (excluding diaryl/α,β-unsaturated/α-hetero) is 1. The van der Waals surface area contributed by atoms with Crippen LogP contribution in [0, 0.1) is 16.7 Å². The van der Waals surface area contributed by atoms with Gasteiger partial charge < -0.3 is 4.74 Å². The number of methoxy groups -OCH3 is 1. The van der Waals surface area contributed by atoms with Gasteiger partial charge in [0.2, 0.25) is 0 Å². The summed E-state index contributed by atoms with van der Waals surface area (Å²) in [7, 11) is 1.22. The Kier molecular flexibility index (Phi) is 2.64. The van der Waals surface area contributed by atoms with Crippen LogP contribution in [0.25, 0.3) is 0 Å². The average Bonchev–Trinajstić information content (AvgIpc) is 2.64. The van der Waals surface area contributed by atoms with Crippen molar-refractivity contribution in [3.05, 3.63) is 29.6 Å². The second kappa shape index (κ2) is 3.98. The van der Waals surface area contributed by atoms with Crippen molar-refractivity contribution in [2.24, 2.45) is 5.41 Å². The molecular formula is C12H10N2O3. The zero-order valence-electron chi connectivity index (χ0n) is 9.27. The number of nitrogens with zero attached hydrogens (tertiary/aromatic N) is 2. The molecule has 2 rings (SSSR count). The second-order valence-corrected chi connectivity index (χ2v) is 3.95. The van der Waals surface area contributed by atoms with Gasteiger partial charge in [-0.3, -0.25) is 14.6 Å². The number of nitriles is 1. The molecule has 1 aliphatic rings. The smallest absolute Gasteiger partial charge is 0.321 e. The molecule has 0 saturated heterocycles. The Bertz CT molecular complexity index is 533. The summed E-state index contributed by atoms with van der Waals surface area (Å²) >= 11 is 0. The Balaban J connectivity index is 2.51. The monoisotopic (exact) mass is 230 g/mol. The Morgan fingerprint density at radius 1 is 1.71 bits per heavy atom. The molecule has 17 heavy (non-hydrogen) atoms. The molecule has 0 spiro atoms. The van der Waals surface area contributed by atoms with Crippen molar-refractivity contribution in [2.75, 3.05) is 7.11 Å². The molecule has 1 aliphatic carbocycles. The summed E-state index contributed by atoms with van der Waals surface area (Å²) in [5.41, 5.74) is -0.228. The van der Waals surface area contributed by atoms with Crippen molar-refractivity contribution in [1.29, 1.82) is 5.26 Å². The first-order valence-electron chi connectivity index (χ1n) is 5.09. The molecule has 1 heterocycles. The fraction of sp³-hybridized carbons (Fsp3) is 0.333. The van der Waals surface area contributed by atoms with Crippen LogP contribution in [0.5, 0.6) is 0 Å². The number of carbonyl (C=O) groups is 2. The van der Waals surface area contributed by atoms with Gasteiger partial charge in [-0.15, -0.1) is 0 Å². The SMILES string of the molecule is COC(=O)C1(CC#N)Cc2ccncc2C1=O. The van der Waals surface area contributed by atoms with E-state index in [4.69, 9.17) is 5.26 Å². The van der Waals surface area contributed by atoms with Crippen molar-refractivity contribution in [1.82, 2.24) is 4.98 Å². The van der Waals surface area contributed by atoms with Crippen LogP contribution in [0.3, 0.4) is 0 Å². The number of esters is 1. The molecule has 0 radical (unpaired) electrons. The number of fused-ring (bicyclic) bond motifs is 1. The number of rotatable bonds is 2. The summed E-state index contributed by atoms with van der Waals surface area (Å²) in [6.45, 7) is 0. The summed E-state index contributed by atoms with van der Waals surface area (Å²) < 4.78 is 4.66. The second-order valence-electron chi connectivity index (χ2n) is 3.95. The highest BCUT2D eigenvalue weighted by Gasteiger charge is 2.52. The van der Waals surface area contributed by atoms with E-state index < -0.39 is 11.4 Å². The lowest BCUT2D eigenvalue weighted by Gasteiger charge is -2.20. The molecule has 0 N–H and O–H groups in total. The largest absolute Gasteiger partial charge is 0.468 e. The zero-order valence-corrected chi connectivity index (χ0v) is 9.27. The van der Waals surface area contributed by atoms with Gasteiger partial charge >= 0.3 is 5.97 Å². The molecule has 0 saturated carbocycles. The lowest BCUT2D eigenvalue weighted by molar-refractivity contribution is -0.149. The summed E-state index contributed by atoms with van der Waals surface area (Å²) in [6, 6.07) is 3.58. The van der Waals surface area contributed by atoms with E-state index >= 15 is 0 Å². The van der Waals surface area contributed by atoms with Crippen LogP contribution in [0.15, 0.2) is 18.5 Å². The van der Waals surface area contributed by atoms with Gasteiger partial charge in [0, 0.05) is 18.0 Å². The molecule has 5 nitrogen and oxygen atoms in total. The van der Waals surface area contributed by atoms with E-state index in [1.165, 1.54) is 13.3 Å². The van der Waals surface area contributed by atoms with Crippen LogP contribution in [0.4, 0.5) is 0 Å². The third kappa shape index (κ3) is 1.49. The molecule has 1 atom stereocenters. The molecule has 1 aromatic heterocycles. The molecule has 5 heteroatoms. The summed E-state index contributed by atoms with van der Waals surface area (Å²) in [6.07, 6.45) is 3.03. The molecule has 0 bridgehead atoms. The van der Waals surface area contributed by atoms with Crippen molar-refractivity contribution in [3.8, 4) is 6.07 Å². The summed E-state index contributed by atoms with van der Waals surface area (Å²) in [4.78, 5) is 27.9. The normalized spacial score (nSPS) is 21.8. The number of ketones is 1. The Morgan fingerprint density at radius 3 is 3.06 bits per heavy atom. The molecule has 0 aromatic carbocycles. The van der Waals surface area contributed by atoms with Crippen LogP contribution in [0.1, 0.15) is 22.3 Å². The minimum atomic E-state index is -1.38. The molecule has 1 unspecified atom stereocenters. The van der Waals surface area contributed by atoms with Gasteiger partial charge in [-0.1, -0.05) is 0 Å². The van der Waals surface area contributed by atoms with Gasteiger partial charge in [0.1, 0.15) is 5.41 Å². The maximum absolute atomic E-state index is 12.2. The van der Waals surface area contributed by atoms with Gasteiger partial charge in [0.05, 0.1) is 19.6 Å². The third-order valence-corrected chi connectivity index (χ3v) is 3.04. The molecule has 86 valence electrons. The number of carbonyl (C=O) groups excluding carboxylic acids is 2. The Labute approximate surface area is 98.0 Å². The van der Waals surface area contributed by atoms with Crippen LogP contribution in [-0.4, -0.2) is 23.8 Å². The number of pyridine rings is 1. The molecule has 0 aliphatic heterocycles. The maximum atomic E-state index is 12.2. The van der Waals surface area contributed by atoms with Crippen molar-refractivity contribution in [2.45, 2.75) is 12.8 Å². The van der Waals surface area contributed by atoms with Crippen LogP contribution >= 0.6 is 0 Å². The van der Waals surface area contributed by atoms with E-state index in [9.17, 15) is 9.59 Å². The van der Waals surface area contributed by atoms with E-state index in [1.807, 2.05) is 6.07 Å². The minimum Gasteiger partial charge on any atom is -0.468 e. The average molecular weight is 230 g/mol. The third-order valence-electron chi connectivity index (χ3n) is 3.04. The van der Waals surface area contributed by atoms with Gasteiger partial charge in [-0.2, -0.15) is 5.26 Å². The predicted octanol–water partition coefficient (Wildman–Crippen LogP) is 0.893. The number of hydrogen-bond acceptors (Lipinski definition) is 5. The van der Waals surface area contributed by atoms with Gasteiger partial charge in [-0.25, -0.2) is 0 Å². The quantitative estimate of drug-likeness (QED) is 0.556. The minimum absolute atomic E-state index is 0.173. The Hall–Kier alpha value is -2.22. The fourth-order valence-electron chi connectivity index (χ4n) is 2.16. The van der Waals surface area contributed by atoms with Crippen LogP contribution < -0.4 is 0 Å². The van der Waals surface area contributed by atoms with Crippen molar-refractivity contribution < 1.29 is 14.3 Å². The van der Waals surface area contributed by atoms with E-state index in [1.54, 1.807) is 12.3 Å². The lowest BCUT2D eigenvalue weighted by Crippen LogP contribution is -2.38. The van der Waals surface area contributed by atoms with E-state index in [2.05, 4.69) is 9.72 Å².